The van der Waals surface area contributed by atoms with Crippen molar-refractivity contribution in [2.24, 2.45) is 0 Å². The molecule has 6 rings (SSSR count). The molecular formula is C32H25N3O3S. The number of carbonyl (C=O) groups is 1. The summed E-state index contributed by atoms with van der Waals surface area (Å²) in [6.45, 7) is 2.08. The molecule has 0 atom stereocenters. The maximum Gasteiger partial charge on any atom is 0.256 e. The Labute approximate surface area is 229 Å². The molecule has 0 aliphatic rings. The first-order chi connectivity index (χ1) is 19.0. The first kappa shape index (κ1) is 24.6. The number of carbonyl (C=O) groups excluding carboxylic acids is 1. The Kier molecular flexibility index (Phi) is 6.42. The van der Waals surface area contributed by atoms with Gasteiger partial charge in [-0.05, 0) is 73.2 Å². The van der Waals surface area contributed by atoms with Crippen molar-refractivity contribution in [1.82, 2.24) is 9.97 Å². The van der Waals surface area contributed by atoms with Crippen LogP contribution >= 0.6 is 11.3 Å². The van der Waals surface area contributed by atoms with E-state index in [1.807, 2.05) is 66.7 Å². The number of ether oxygens (including phenoxy) is 2. The van der Waals surface area contributed by atoms with E-state index < -0.39 is 0 Å². The second-order valence-corrected chi connectivity index (χ2v) is 10.2. The first-order valence-corrected chi connectivity index (χ1v) is 13.3. The molecule has 1 N–H and O–H groups in total. The van der Waals surface area contributed by atoms with Gasteiger partial charge >= 0.3 is 0 Å². The Morgan fingerprint density at radius 2 is 1.64 bits per heavy atom. The number of aromatic nitrogens is 2. The monoisotopic (exact) mass is 531 g/mol. The lowest BCUT2D eigenvalue weighted by atomic mass is 10.0. The van der Waals surface area contributed by atoms with Gasteiger partial charge in [-0.2, -0.15) is 0 Å². The minimum Gasteiger partial charge on any atom is -0.497 e. The molecule has 7 heteroatoms. The molecule has 6 nitrogen and oxygen atoms in total. The minimum atomic E-state index is -0.217. The summed E-state index contributed by atoms with van der Waals surface area (Å²) in [6.07, 6.45) is 0. The van der Waals surface area contributed by atoms with Crippen LogP contribution in [0.2, 0.25) is 0 Å². The lowest BCUT2D eigenvalue weighted by molar-refractivity contribution is 0.102. The van der Waals surface area contributed by atoms with E-state index in [-0.39, 0.29) is 5.91 Å². The second kappa shape index (κ2) is 10.2. The Balaban J connectivity index is 1.32. The maximum atomic E-state index is 13.6. The van der Waals surface area contributed by atoms with Crippen LogP contribution in [0.4, 0.5) is 5.69 Å². The van der Waals surface area contributed by atoms with Gasteiger partial charge in [-0.15, -0.1) is 11.3 Å². The van der Waals surface area contributed by atoms with Crippen molar-refractivity contribution in [3.63, 3.8) is 0 Å². The van der Waals surface area contributed by atoms with Crippen molar-refractivity contribution < 1.29 is 14.3 Å². The fourth-order valence-corrected chi connectivity index (χ4v) is 5.63. The highest BCUT2D eigenvalue weighted by molar-refractivity contribution is 7.21. The Morgan fingerprint density at radius 3 is 2.44 bits per heavy atom. The zero-order valence-electron chi connectivity index (χ0n) is 21.7. The van der Waals surface area contributed by atoms with Crippen LogP contribution in [0.5, 0.6) is 11.5 Å². The van der Waals surface area contributed by atoms with Gasteiger partial charge in [0.1, 0.15) is 16.5 Å². The molecule has 4 aromatic carbocycles. The summed E-state index contributed by atoms with van der Waals surface area (Å²) in [5.74, 6) is 1.08. The summed E-state index contributed by atoms with van der Waals surface area (Å²) in [5, 5.41) is 4.78. The molecule has 0 aliphatic carbocycles. The SMILES string of the molecule is COc1ccc(-c2cc(C(=O)Nc3ccc(-c4nc5ccc(C)cc5s4)cc3)c3ccccc3n2)c(OC)c1. The third-order valence-electron chi connectivity index (χ3n) is 6.58. The van der Waals surface area contributed by atoms with Crippen LogP contribution in [0.1, 0.15) is 15.9 Å². The summed E-state index contributed by atoms with van der Waals surface area (Å²) >= 11 is 1.66. The van der Waals surface area contributed by atoms with Crippen molar-refractivity contribution in [1.29, 1.82) is 0 Å². The van der Waals surface area contributed by atoms with Gasteiger partial charge in [0.25, 0.3) is 5.91 Å². The predicted molar refractivity (Wildman–Crippen MR) is 158 cm³/mol. The Hall–Kier alpha value is -4.75. The van der Waals surface area contributed by atoms with Crippen molar-refractivity contribution >= 4 is 44.1 Å². The number of thiazole rings is 1. The fourth-order valence-electron chi connectivity index (χ4n) is 4.56. The zero-order chi connectivity index (χ0) is 26.9. The van der Waals surface area contributed by atoms with E-state index in [0.717, 1.165) is 37.3 Å². The van der Waals surface area contributed by atoms with E-state index >= 15 is 0 Å². The van der Waals surface area contributed by atoms with Crippen LogP contribution in [0, 0.1) is 6.92 Å². The Bertz CT molecular complexity index is 1840. The van der Waals surface area contributed by atoms with E-state index in [2.05, 4.69) is 24.4 Å². The molecule has 1 amide bonds. The highest BCUT2D eigenvalue weighted by atomic mass is 32.1. The number of para-hydroxylation sites is 1. The second-order valence-electron chi connectivity index (χ2n) is 9.16. The van der Waals surface area contributed by atoms with Gasteiger partial charge in [-0.1, -0.05) is 24.3 Å². The van der Waals surface area contributed by atoms with Gasteiger partial charge in [-0.25, -0.2) is 9.97 Å². The van der Waals surface area contributed by atoms with Gasteiger partial charge in [0.05, 0.1) is 41.2 Å². The molecule has 0 saturated carbocycles. The number of pyridine rings is 1. The van der Waals surface area contributed by atoms with Crippen LogP contribution in [-0.4, -0.2) is 30.1 Å². The number of methoxy groups -OCH3 is 2. The van der Waals surface area contributed by atoms with Crippen LogP contribution in [-0.2, 0) is 0 Å². The first-order valence-electron chi connectivity index (χ1n) is 12.4. The number of benzene rings is 4. The van der Waals surface area contributed by atoms with Crippen molar-refractivity contribution in [3.05, 3.63) is 102 Å². The standard InChI is InChI=1S/C32H25N3O3S/c1-19-8-15-27-30(16-19)39-32(35-27)20-9-11-21(12-10-20)33-31(36)25-18-28(34-26-7-5-4-6-23(25)26)24-14-13-22(37-2)17-29(24)38-3/h4-18H,1-3H3,(H,33,36). The number of nitrogens with one attached hydrogen (secondary N) is 1. The van der Waals surface area contributed by atoms with E-state index in [4.69, 9.17) is 19.4 Å². The number of aryl methyl sites for hydroxylation is 1. The largest absolute Gasteiger partial charge is 0.497 e. The lowest BCUT2D eigenvalue weighted by Crippen LogP contribution is -2.13. The summed E-state index contributed by atoms with van der Waals surface area (Å²) < 4.78 is 12.1. The fraction of sp³-hybridized carbons (Fsp3) is 0.0938. The van der Waals surface area contributed by atoms with E-state index in [0.29, 0.717) is 28.4 Å². The molecule has 6 aromatic rings. The molecule has 0 aliphatic heterocycles. The zero-order valence-corrected chi connectivity index (χ0v) is 22.5. The van der Waals surface area contributed by atoms with E-state index in [1.165, 1.54) is 5.56 Å². The van der Waals surface area contributed by atoms with Gasteiger partial charge < -0.3 is 14.8 Å². The number of hydrogen-bond acceptors (Lipinski definition) is 6. The summed E-state index contributed by atoms with van der Waals surface area (Å²) in [6, 6.07) is 29.0. The Morgan fingerprint density at radius 1 is 0.821 bits per heavy atom. The van der Waals surface area contributed by atoms with Crippen LogP contribution < -0.4 is 14.8 Å². The minimum absolute atomic E-state index is 0.217. The molecule has 192 valence electrons. The molecule has 2 aromatic heterocycles. The quantitative estimate of drug-likeness (QED) is 0.238. The highest BCUT2D eigenvalue weighted by Crippen LogP contribution is 2.35. The predicted octanol–water partition coefficient (Wildman–Crippen LogP) is 7.76. The average molecular weight is 532 g/mol. The summed E-state index contributed by atoms with van der Waals surface area (Å²) in [5.41, 5.74) is 6.58. The number of anilines is 1. The number of hydrogen-bond donors (Lipinski definition) is 1. The number of fused-ring (bicyclic) bond motifs is 2. The third kappa shape index (κ3) is 4.80. The molecule has 0 radical (unpaired) electrons. The normalized spacial score (nSPS) is 11.1. The van der Waals surface area contributed by atoms with Gasteiger partial charge in [0, 0.05) is 28.3 Å². The van der Waals surface area contributed by atoms with Gasteiger partial charge in [0.2, 0.25) is 0 Å². The molecule has 0 bridgehead atoms. The van der Waals surface area contributed by atoms with Crippen LogP contribution in [0.15, 0.2) is 91.0 Å². The molecule has 0 spiro atoms. The van der Waals surface area contributed by atoms with Crippen molar-refractivity contribution in [2.45, 2.75) is 6.92 Å². The highest BCUT2D eigenvalue weighted by Gasteiger charge is 2.17. The lowest BCUT2D eigenvalue weighted by Gasteiger charge is -2.13. The van der Waals surface area contributed by atoms with Crippen LogP contribution in [0.25, 0.3) is 42.9 Å². The summed E-state index contributed by atoms with van der Waals surface area (Å²) in [4.78, 5) is 23.2. The van der Waals surface area contributed by atoms with Crippen molar-refractivity contribution in [2.75, 3.05) is 19.5 Å². The smallest absolute Gasteiger partial charge is 0.256 e. The molecular weight excluding hydrogens is 506 g/mol. The summed E-state index contributed by atoms with van der Waals surface area (Å²) in [7, 11) is 3.21. The molecule has 0 unspecified atom stereocenters. The molecule has 0 fully saturated rings. The molecule has 39 heavy (non-hydrogen) atoms. The maximum absolute atomic E-state index is 13.6. The molecule has 2 heterocycles. The van der Waals surface area contributed by atoms with Crippen LogP contribution in [0.3, 0.4) is 0 Å². The van der Waals surface area contributed by atoms with E-state index in [1.54, 1.807) is 37.7 Å². The van der Waals surface area contributed by atoms with Gasteiger partial charge in [0.15, 0.2) is 0 Å². The topological polar surface area (TPSA) is 73.3 Å². The number of rotatable bonds is 6. The van der Waals surface area contributed by atoms with Crippen molar-refractivity contribution in [3.8, 4) is 33.3 Å². The third-order valence-corrected chi connectivity index (χ3v) is 7.65. The molecule has 0 saturated heterocycles. The van der Waals surface area contributed by atoms with E-state index in [9.17, 15) is 4.79 Å². The van der Waals surface area contributed by atoms with Gasteiger partial charge in [-0.3, -0.25) is 4.79 Å². The average Bonchev–Trinajstić information content (AvgIpc) is 3.39. The number of amides is 1. The number of nitrogens with zero attached hydrogens (tertiary/aromatic N) is 2.